The van der Waals surface area contributed by atoms with E-state index in [2.05, 4.69) is 5.32 Å². The number of halogens is 3. The predicted octanol–water partition coefficient (Wildman–Crippen LogP) is 6.03. The van der Waals surface area contributed by atoms with Crippen molar-refractivity contribution in [3.63, 3.8) is 0 Å². The quantitative estimate of drug-likeness (QED) is 0.421. The van der Waals surface area contributed by atoms with Gasteiger partial charge in [0, 0.05) is 12.1 Å². The highest BCUT2D eigenvalue weighted by Crippen LogP contribution is 2.32. The number of hydrogen-bond donors (Lipinski definition) is 2. The number of carbonyl (C=O) groups is 2. The van der Waals surface area contributed by atoms with E-state index in [1.807, 2.05) is 32.0 Å². The predicted molar refractivity (Wildman–Crippen MR) is 122 cm³/mol. The van der Waals surface area contributed by atoms with Gasteiger partial charge in [-0.1, -0.05) is 30.3 Å². The lowest BCUT2D eigenvalue weighted by Crippen LogP contribution is -2.25. The van der Waals surface area contributed by atoms with Gasteiger partial charge in [0.25, 0.3) is 5.91 Å². The minimum absolute atomic E-state index is 0.0468. The van der Waals surface area contributed by atoms with Crippen molar-refractivity contribution in [2.45, 2.75) is 32.5 Å². The van der Waals surface area contributed by atoms with Crippen molar-refractivity contribution in [1.82, 2.24) is 5.32 Å². The Morgan fingerprint density at radius 2 is 1.59 bits per heavy atom. The Morgan fingerprint density at radius 1 is 0.971 bits per heavy atom. The molecule has 0 bridgehead atoms. The molecular formula is C26H24F3NO4. The number of ether oxygens (including phenoxy) is 1. The van der Waals surface area contributed by atoms with Crippen LogP contribution in [-0.2, 0) is 11.0 Å². The Kier molecular flexibility index (Phi) is 7.61. The normalized spacial score (nSPS) is 12.1. The van der Waals surface area contributed by atoms with Crippen molar-refractivity contribution in [1.29, 1.82) is 0 Å². The Labute approximate surface area is 195 Å². The van der Waals surface area contributed by atoms with Crippen LogP contribution in [0.25, 0.3) is 11.1 Å². The molecule has 0 aromatic heterocycles. The van der Waals surface area contributed by atoms with Gasteiger partial charge in [0.15, 0.2) is 0 Å². The van der Waals surface area contributed by atoms with Crippen LogP contribution in [0, 0.1) is 6.92 Å². The lowest BCUT2D eigenvalue weighted by atomic mass is 9.97. The molecule has 3 aromatic rings. The Balaban J connectivity index is 1.65. The summed E-state index contributed by atoms with van der Waals surface area (Å²) < 4.78 is 44.4. The first-order chi connectivity index (χ1) is 16.0. The average Bonchev–Trinajstić information content (AvgIpc) is 2.78. The number of carboxylic acids is 1. The number of aryl methyl sites for hydroxylation is 1. The van der Waals surface area contributed by atoms with Crippen molar-refractivity contribution in [3.05, 3.63) is 89.0 Å². The molecule has 0 heterocycles. The first-order valence-corrected chi connectivity index (χ1v) is 10.6. The lowest BCUT2D eigenvalue weighted by molar-refractivity contribution is -0.138. The molecule has 1 amide bonds. The monoisotopic (exact) mass is 471 g/mol. The van der Waals surface area contributed by atoms with Gasteiger partial charge in [0.1, 0.15) is 11.9 Å². The highest BCUT2D eigenvalue weighted by atomic mass is 19.4. The van der Waals surface area contributed by atoms with E-state index in [1.54, 1.807) is 24.3 Å². The van der Waals surface area contributed by atoms with Crippen molar-refractivity contribution in [3.8, 4) is 16.9 Å². The van der Waals surface area contributed by atoms with Crippen LogP contribution in [0.15, 0.2) is 66.7 Å². The highest BCUT2D eigenvalue weighted by molar-refractivity contribution is 5.94. The zero-order valence-electron chi connectivity index (χ0n) is 18.6. The SMILES string of the molecule is Cc1cc(-c2ccc(C(F)(F)F)cc2)ccc1[C@@H](C)Oc1ccc(C(=O)NCCC(=O)O)cc1. The summed E-state index contributed by atoms with van der Waals surface area (Å²) in [6, 6.07) is 17.2. The van der Waals surface area contributed by atoms with Crippen molar-refractivity contribution in [2.75, 3.05) is 6.54 Å². The van der Waals surface area contributed by atoms with Gasteiger partial charge in [-0.2, -0.15) is 13.2 Å². The van der Waals surface area contributed by atoms with Crippen LogP contribution < -0.4 is 10.1 Å². The molecule has 2 N–H and O–H groups in total. The smallest absolute Gasteiger partial charge is 0.416 e. The van der Waals surface area contributed by atoms with Crippen LogP contribution in [0.5, 0.6) is 5.75 Å². The number of benzene rings is 3. The number of alkyl halides is 3. The zero-order valence-corrected chi connectivity index (χ0v) is 18.6. The molecular weight excluding hydrogens is 447 g/mol. The molecule has 8 heteroatoms. The van der Waals surface area contributed by atoms with Crippen LogP contribution in [0.3, 0.4) is 0 Å². The van der Waals surface area contributed by atoms with Gasteiger partial charge < -0.3 is 15.2 Å². The zero-order chi connectivity index (χ0) is 24.9. The highest BCUT2D eigenvalue weighted by Gasteiger charge is 2.30. The maximum absolute atomic E-state index is 12.8. The first-order valence-electron chi connectivity index (χ1n) is 10.6. The first kappa shape index (κ1) is 24.8. The third kappa shape index (κ3) is 6.37. The molecule has 34 heavy (non-hydrogen) atoms. The second-order valence-corrected chi connectivity index (χ2v) is 7.83. The van der Waals surface area contributed by atoms with Crippen molar-refractivity contribution < 1.29 is 32.6 Å². The standard InChI is InChI=1S/C26H24F3NO4/c1-16-15-20(18-3-8-21(9-4-18)26(27,28)29)7-12-23(16)17(2)34-22-10-5-19(6-11-22)25(33)30-14-13-24(31)32/h3-12,15,17H,13-14H2,1-2H3,(H,30,33)(H,31,32)/t17-/m1/s1. The molecule has 178 valence electrons. The van der Waals surface area contributed by atoms with E-state index < -0.39 is 17.7 Å². The topological polar surface area (TPSA) is 75.6 Å². The number of carbonyl (C=O) groups excluding carboxylic acids is 1. The summed E-state index contributed by atoms with van der Waals surface area (Å²) in [5.41, 5.74) is 3.05. The molecule has 0 aliphatic heterocycles. The van der Waals surface area contributed by atoms with E-state index in [4.69, 9.17) is 9.84 Å². The maximum Gasteiger partial charge on any atom is 0.416 e. The van der Waals surface area contributed by atoms with Crippen LogP contribution >= 0.6 is 0 Å². The molecule has 0 radical (unpaired) electrons. The molecule has 0 aliphatic rings. The van der Waals surface area contributed by atoms with Gasteiger partial charge in [0.2, 0.25) is 0 Å². The number of rotatable bonds is 8. The fourth-order valence-corrected chi connectivity index (χ4v) is 3.50. The van der Waals surface area contributed by atoms with Crippen molar-refractivity contribution >= 4 is 11.9 Å². The Bertz CT molecular complexity index is 1160. The minimum Gasteiger partial charge on any atom is -0.486 e. The number of nitrogens with one attached hydrogen (secondary N) is 1. The molecule has 0 spiro atoms. The van der Waals surface area contributed by atoms with Gasteiger partial charge in [-0.15, -0.1) is 0 Å². The lowest BCUT2D eigenvalue weighted by Gasteiger charge is -2.18. The fourth-order valence-electron chi connectivity index (χ4n) is 3.50. The number of amides is 1. The number of aliphatic carboxylic acids is 1. The van der Waals surface area contributed by atoms with Gasteiger partial charge in [-0.3, -0.25) is 9.59 Å². The van der Waals surface area contributed by atoms with E-state index in [-0.39, 0.29) is 25.0 Å². The van der Waals surface area contributed by atoms with Gasteiger partial charge in [-0.05, 0) is 72.5 Å². The van der Waals surface area contributed by atoms with Gasteiger partial charge >= 0.3 is 12.1 Å². The summed E-state index contributed by atoms with van der Waals surface area (Å²) >= 11 is 0. The molecule has 0 saturated heterocycles. The number of hydrogen-bond acceptors (Lipinski definition) is 3. The van der Waals surface area contributed by atoms with Crippen molar-refractivity contribution in [2.24, 2.45) is 0 Å². The molecule has 0 fully saturated rings. The summed E-state index contributed by atoms with van der Waals surface area (Å²) in [4.78, 5) is 22.6. The summed E-state index contributed by atoms with van der Waals surface area (Å²) in [5.74, 6) is -0.794. The second-order valence-electron chi connectivity index (χ2n) is 7.83. The van der Waals surface area contributed by atoms with E-state index in [0.717, 1.165) is 28.8 Å². The third-order valence-electron chi connectivity index (χ3n) is 5.31. The number of carboxylic acid groups (broad SMARTS) is 1. The van der Waals surface area contributed by atoms with Gasteiger partial charge in [-0.25, -0.2) is 0 Å². The van der Waals surface area contributed by atoms with Gasteiger partial charge in [0.05, 0.1) is 12.0 Å². The largest absolute Gasteiger partial charge is 0.486 e. The maximum atomic E-state index is 12.8. The van der Waals surface area contributed by atoms with E-state index in [1.165, 1.54) is 12.1 Å². The summed E-state index contributed by atoms with van der Waals surface area (Å²) in [6.45, 7) is 3.84. The summed E-state index contributed by atoms with van der Waals surface area (Å²) in [7, 11) is 0. The Morgan fingerprint density at radius 3 is 2.15 bits per heavy atom. The molecule has 5 nitrogen and oxygen atoms in total. The van der Waals surface area contributed by atoms with Crippen LogP contribution in [0.1, 0.15) is 46.5 Å². The van der Waals surface area contributed by atoms with E-state index in [0.29, 0.717) is 16.9 Å². The minimum atomic E-state index is -4.37. The second kappa shape index (κ2) is 10.4. The van der Waals surface area contributed by atoms with Crippen LogP contribution in [-0.4, -0.2) is 23.5 Å². The third-order valence-corrected chi connectivity index (χ3v) is 5.31. The van der Waals surface area contributed by atoms with E-state index in [9.17, 15) is 22.8 Å². The summed E-state index contributed by atoms with van der Waals surface area (Å²) in [5, 5.41) is 11.2. The average molecular weight is 471 g/mol. The Hall–Kier alpha value is -3.81. The van der Waals surface area contributed by atoms with E-state index >= 15 is 0 Å². The van der Waals surface area contributed by atoms with Crippen LogP contribution in [0.2, 0.25) is 0 Å². The summed E-state index contributed by atoms with van der Waals surface area (Å²) in [6.07, 6.45) is -4.83. The fraction of sp³-hybridized carbons (Fsp3) is 0.231. The molecule has 3 rings (SSSR count). The molecule has 0 aliphatic carbocycles. The molecule has 0 unspecified atom stereocenters. The molecule has 1 atom stereocenters. The van der Waals surface area contributed by atoms with Crippen LogP contribution in [0.4, 0.5) is 13.2 Å². The molecule has 3 aromatic carbocycles. The molecule has 0 saturated carbocycles.